The molecule has 1 aromatic heterocycles. The van der Waals surface area contributed by atoms with Crippen LogP contribution in [0.15, 0.2) is 29.1 Å². The standard InChI is InChI=1S/C13H14Cl2N2S/c1-8(10-3-4-11(14)12(15)5-10)17-9(2)13-6-18-7-16-13/h3-9,17H,1-2H3. The summed E-state index contributed by atoms with van der Waals surface area (Å²) >= 11 is 13.5. The summed E-state index contributed by atoms with van der Waals surface area (Å²) in [6.45, 7) is 4.20. The van der Waals surface area contributed by atoms with Crippen LogP contribution in [0, 0.1) is 0 Å². The van der Waals surface area contributed by atoms with Gasteiger partial charge in [0.15, 0.2) is 0 Å². The van der Waals surface area contributed by atoms with Crippen LogP contribution in [0.4, 0.5) is 0 Å². The van der Waals surface area contributed by atoms with Crippen molar-refractivity contribution < 1.29 is 0 Å². The summed E-state index contributed by atoms with van der Waals surface area (Å²) in [5, 5.41) is 6.71. The average molecular weight is 301 g/mol. The van der Waals surface area contributed by atoms with Gasteiger partial charge in [-0.05, 0) is 31.5 Å². The van der Waals surface area contributed by atoms with Gasteiger partial charge < -0.3 is 5.32 Å². The maximum atomic E-state index is 6.02. The summed E-state index contributed by atoms with van der Waals surface area (Å²) < 4.78 is 0. The topological polar surface area (TPSA) is 24.9 Å². The monoisotopic (exact) mass is 300 g/mol. The predicted molar refractivity (Wildman–Crippen MR) is 78.5 cm³/mol. The Hall–Kier alpha value is -0.610. The molecule has 5 heteroatoms. The molecule has 0 aliphatic carbocycles. The zero-order valence-electron chi connectivity index (χ0n) is 10.2. The third-order valence-electron chi connectivity index (χ3n) is 2.84. The minimum absolute atomic E-state index is 0.191. The number of thiazole rings is 1. The summed E-state index contributed by atoms with van der Waals surface area (Å²) in [5.74, 6) is 0. The minimum atomic E-state index is 0.191. The fraction of sp³-hybridized carbons (Fsp3) is 0.308. The van der Waals surface area contributed by atoms with Crippen molar-refractivity contribution in [2.45, 2.75) is 25.9 Å². The van der Waals surface area contributed by atoms with E-state index in [9.17, 15) is 0 Å². The highest BCUT2D eigenvalue weighted by molar-refractivity contribution is 7.07. The summed E-state index contributed by atoms with van der Waals surface area (Å²) in [5.41, 5.74) is 4.02. The molecule has 1 aromatic carbocycles. The summed E-state index contributed by atoms with van der Waals surface area (Å²) in [6, 6.07) is 6.11. The Morgan fingerprint density at radius 2 is 1.94 bits per heavy atom. The normalized spacial score (nSPS) is 14.4. The van der Waals surface area contributed by atoms with E-state index in [0.29, 0.717) is 10.0 Å². The molecule has 2 aromatic rings. The molecule has 2 rings (SSSR count). The number of rotatable bonds is 4. The molecule has 0 radical (unpaired) electrons. The Balaban J connectivity index is 2.07. The smallest absolute Gasteiger partial charge is 0.0795 e. The van der Waals surface area contributed by atoms with Gasteiger partial charge in [-0.2, -0.15) is 0 Å². The summed E-state index contributed by atoms with van der Waals surface area (Å²) in [6.07, 6.45) is 0. The van der Waals surface area contributed by atoms with Gasteiger partial charge in [0.1, 0.15) is 0 Å². The highest BCUT2D eigenvalue weighted by atomic mass is 35.5. The van der Waals surface area contributed by atoms with Crippen LogP contribution in [0.5, 0.6) is 0 Å². The molecule has 1 N–H and O–H groups in total. The average Bonchev–Trinajstić information content (AvgIpc) is 2.86. The van der Waals surface area contributed by atoms with Gasteiger partial charge in [0.05, 0.1) is 21.2 Å². The van der Waals surface area contributed by atoms with Crippen LogP contribution in [0.1, 0.15) is 37.2 Å². The molecule has 0 saturated heterocycles. The van der Waals surface area contributed by atoms with E-state index >= 15 is 0 Å². The van der Waals surface area contributed by atoms with Crippen LogP contribution >= 0.6 is 34.5 Å². The van der Waals surface area contributed by atoms with E-state index < -0.39 is 0 Å². The van der Waals surface area contributed by atoms with Crippen molar-refractivity contribution in [2.75, 3.05) is 0 Å². The fourth-order valence-electron chi connectivity index (χ4n) is 1.77. The maximum Gasteiger partial charge on any atom is 0.0795 e. The van der Waals surface area contributed by atoms with Gasteiger partial charge in [0.2, 0.25) is 0 Å². The van der Waals surface area contributed by atoms with Crippen molar-refractivity contribution in [3.05, 3.63) is 50.4 Å². The van der Waals surface area contributed by atoms with Crippen molar-refractivity contribution in [3.63, 3.8) is 0 Å². The van der Waals surface area contributed by atoms with E-state index in [-0.39, 0.29) is 12.1 Å². The third-order valence-corrected chi connectivity index (χ3v) is 4.18. The Labute approximate surface area is 121 Å². The Morgan fingerprint density at radius 3 is 2.56 bits per heavy atom. The lowest BCUT2D eigenvalue weighted by molar-refractivity contribution is 0.488. The second-order valence-corrected chi connectivity index (χ2v) is 5.73. The molecular weight excluding hydrogens is 287 g/mol. The molecule has 2 unspecified atom stereocenters. The molecule has 2 atom stereocenters. The van der Waals surface area contributed by atoms with E-state index in [0.717, 1.165) is 11.3 Å². The zero-order valence-corrected chi connectivity index (χ0v) is 12.5. The van der Waals surface area contributed by atoms with Crippen LogP contribution in [-0.2, 0) is 0 Å². The van der Waals surface area contributed by atoms with Gasteiger partial charge in [-0.3, -0.25) is 0 Å². The first-order chi connectivity index (χ1) is 8.58. The number of aromatic nitrogens is 1. The highest BCUT2D eigenvalue weighted by Gasteiger charge is 2.13. The number of nitrogens with zero attached hydrogens (tertiary/aromatic N) is 1. The molecule has 0 fully saturated rings. The van der Waals surface area contributed by atoms with E-state index in [1.54, 1.807) is 11.3 Å². The number of halogens is 2. The molecule has 1 heterocycles. The van der Waals surface area contributed by atoms with Gasteiger partial charge in [-0.15, -0.1) is 11.3 Å². The SMILES string of the molecule is CC(NC(C)c1cscn1)c1ccc(Cl)c(Cl)c1. The van der Waals surface area contributed by atoms with Crippen LogP contribution in [0.3, 0.4) is 0 Å². The van der Waals surface area contributed by atoms with Crippen molar-refractivity contribution in [1.29, 1.82) is 0 Å². The van der Waals surface area contributed by atoms with E-state index in [2.05, 4.69) is 29.5 Å². The number of benzene rings is 1. The molecular formula is C13H14Cl2N2S. The van der Waals surface area contributed by atoms with Gasteiger partial charge in [0, 0.05) is 17.5 Å². The summed E-state index contributed by atoms with van der Waals surface area (Å²) in [7, 11) is 0. The van der Waals surface area contributed by atoms with Crippen LogP contribution < -0.4 is 5.32 Å². The second-order valence-electron chi connectivity index (χ2n) is 4.20. The number of hydrogen-bond donors (Lipinski definition) is 1. The van der Waals surface area contributed by atoms with Crippen LogP contribution in [0.25, 0.3) is 0 Å². The lowest BCUT2D eigenvalue weighted by Crippen LogP contribution is -2.22. The minimum Gasteiger partial charge on any atom is -0.302 e. The Morgan fingerprint density at radius 1 is 1.17 bits per heavy atom. The number of hydrogen-bond acceptors (Lipinski definition) is 3. The van der Waals surface area contributed by atoms with Gasteiger partial charge >= 0.3 is 0 Å². The quantitative estimate of drug-likeness (QED) is 0.872. The van der Waals surface area contributed by atoms with Gasteiger partial charge in [-0.25, -0.2) is 4.98 Å². The largest absolute Gasteiger partial charge is 0.302 e. The Bertz CT molecular complexity index is 514. The molecule has 0 saturated carbocycles. The van der Waals surface area contributed by atoms with Crippen LogP contribution in [-0.4, -0.2) is 4.98 Å². The van der Waals surface area contributed by atoms with Crippen molar-refractivity contribution in [3.8, 4) is 0 Å². The Kier molecular flexibility index (Phi) is 4.62. The summed E-state index contributed by atoms with van der Waals surface area (Å²) in [4.78, 5) is 4.30. The van der Waals surface area contributed by atoms with Gasteiger partial charge in [-0.1, -0.05) is 29.3 Å². The fourth-order valence-corrected chi connectivity index (χ4v) is 2.73. The molecule has 0 spiro atoms. The molecule has 18 heavy (non-hydrogen) atoms. The van der Waals surface area contributed by atoms with Crippen LogP contribution in [0.2, 0.25) is 10.0 Å². The van der Waals surface area contributed by atoms with Gasteiger partial charge in [0.25, 0.3) is 0 Å². The first-order valence-electron chi connectivity index (χ1n) is 5.67. The third kappa shape index (κ3) is 3.23. The number of nitrogens with one attached hydrogen (secondary N) is 1. The molecule has 0 aliphatic rings. The molecule has 2 nitrogen and oxygen atoms in total. The van der Waals surface area contributed by atoms with Crippen molar-refractivity contribution in [1.82, 2.24) is 10.3 Å². The molecule has 0 aliphatic heterocycles. The lowest BCUT2D eigenvalue weighted by atomic mass is 10.1. The maximum absolute atomic E-state index is 6.02. The highest BCUT2D eigenvalue weighted by Crippen LogP contribution is 2.26. The second kappa shape index (κ2) is 6.02. The molecule has 96 valence electrons. The van der Waals surface area contributed by atoms with E-state index in [1.807, 2.05) is 23.7 Å². The first-order valence-corrected chi connectivity index (χ1v) is 7.37. The van der Waals surface area contributed by atoms with E-state index in [1.165, 1.54) is 0 Å². The first kappa shape index (κ1) is 13.8. The predicted octanol–water partition coefficient (Wildman–Crippen LogP) is 4.86. The van der Waals surface area contributed by atoms with Crippen molar-refractivity contribution >= 4 is 34.5 Å². The van der Waals surface area contributed by atoms with Crippen molar-refractivity contribution in [2.24, 2.45) is 0 Å². The molecule has 0 bridgehead atoms. The van der Waals surface area contributed by atoms with E-state index in [4.69, 9.17) is 23.2 Å². The zero-order chi connectivity index (χ0) is 13.1. The lowest BCUT2D eigenvalue weighted by Gasteiger charge is -2.19. The molecule has 0 amide bonds.